The van der Waals surface area contributed by atoms with Crippen LogP contribution in [0.15, 0.2) is 77.7 Å². The van der Waals surface area contributed by atoms with Gasteiger partial charge in [-0.1, -0.05) is 18.2 Å². The van der Waals surface area contributed by atoms with Crippen molar-refractivity contribution in [3.05, 3.63) is 89.7 Å². The third-order valence-corrected chi connectivity index (χ3v) is 5.17. The third kappa shape index (κ3) is 4.34. The Bertz CT molecular complexity index is 1170. The molecule has 0 aliphatic carbocycles. The van der Waals surface area contributed by atoms with E-state index in [2.05, 4.69) is 10.0 Å². The van der Waals surface area contributed by atoms with E-state index in [1.165, 1.54) is 66.7 Å². The van der Waals surface area contributed by atoms with Gasteiger partial charge in [-0.15, -0.1) is 0 Å². The number of rotatable bonds is 5. The van der Waals surface area contributed by atoms with Crippen LogP contribution in [0.25, 0.3) is 0 Å². The molecule has 0 atom stereocenters. The fraction of sp³-hybridized carbons (Fsp3) is 0. The minimum atomic E-state index is -3.96. The second kappa shape index (κ2) is 7.90. The summed E-state index contributed by atoms with van der Waals surface area (Å²) in [7, 11) is -3.96. The molecule has 0 saturated carbocycles. The number of sulfonamides is 1. The molecule has 0 saturated heterocycles. The topological polar surface area (TPSA) is 99.1 Å². The van der Waals surface area contributed by atoms with Crippen LogP contribution in [0.2, 0.25) is 0 Å². The van der Waals surface area contributed by atoms with Gasteiger partial charge < -0.3 is 5.32 Å². The summed E-state index contributed by atoms with van der Waals surface area (Å²) in [6, 6.07) is 18.9. The van der Waals surface area contributed by atoms with Gasteiger partial charge in [0, 0.05) is 11.3 Å². The van der Waals surface area contributed by atoms with Crippen molar-refractivity contribution in [2.24, 2.45) is 0 Å². The van der Waals surface area contributed by atoms with Gasteiger partial charge in [-0.25, -0.2) is 12.8 Å². The van der Waals surface area contributed by atoms with E-state index in [0.29, 0.717) is 5.56 Å². The van der Waals surface area contributed by atoms with Crippen molar-refractivity contribution < 1.29 is 17.6 Å². The van der Waals surface area contributed by atoms with Gasteiger partial charge in [0.05, 0.1) is 22.2 Å². The fourth-order valence-electron chi connectivity index (χ4n) is 2.39. The lowest BCUT2D eigenvalue weighted by Crippen LogP contribution is -2.16. The van der Waals surface area contributed by atoms with Gasteiger partial charge in [0.25, 0.3) is 15.9 Å². The highest BCUT2D eigenvalue weighted by Gasteiger charge is 2.17. The molecule has 6 nitrogen and oxygen atoms in total. The number of anilines is 2. The molecule has 8 heteroatoms. The van der Waals surface area contributed by atoms with Crippen molar-refractivity contribution in [3.8, 4) is 6.07 Å². The standard InChI is InChI=1S/C20H14FN3O3S/c21-18-6-1-2-7-19(18)23-20(25)15-4-3-5-17(12-15)28(26,27)24-16-10-8-14(13-22)9-11-16/h1-12,24H,(H,23,25). The molecule has 28 heavy (non-hydrogen) atoms. The first-order valence-corrected chi connectivity index (χ1v) is 9.56. The fourth-order valence-corrected chi connectivity index (χ4v) is 3.49. The normalized spacial score (nSPS) is 10.7. The van der Waals surface area contributed by atoms with Crippen LogP contribution in [-0.2, 0) is 10.0 Å². The van der Waals surface area contributed by atoms with E-state index < -0.39 is 21.7 Å². The Balaban J connectivity index is 1.82. The summed E-state index contributed by atoms with van der Waals surface area (Å²) in [4.78, 5) is 12.2. The number of para-hydroxylation sites is 1. The van der Waals surface area contributed by atoms with Crippen LogP contribution >= 0.6 is 0 Å². The summed E-state index contributed by atoms with van der Waals surface area (Å²) in [5.74, 6) is -1.23. The number of benzene rings is 3. The Labute approximate surface area is 161 Å². The molecule has 3 rings (SSSR count). The van der Waals surface area contributed by atoms with Crippen molar-refractivity contribution >= 4 is 27.3 Å². The SMILES string of the molecule is N#Cc1ccc(NS(=O)(=O)c2cccc(C(=O)Nc3ccccc3F)c2)cc1. The van der Waals surface area contributed by atoms with Crippen LogP contribution in [0.5, 0.6) is 0 Å². The van der Waals surface area contributed by atoms with Crippen LogP contribution in [0, 0.1) is 17.1 Å². The molecular weight excluding hydrogens is 381 g/mol. The van der Waals surface area contributed by atoms with Gasteiger partial charge >= 0.3 is 0 Å². The second-order valence-corrected chi connectivity index (χ2v) is 7.44. The van der Waals surface area contributed by atoms with Gasteiger partial charge in [0.1, 0.15) is 5.82 Å². The van der Waals surface area contributed by atoms with Crippen LogP contribution in [0.4, 0.5) is 15.8 Å². The van der Waals surface area contributed by atoms with Crippen molar-refractivity contribution in [2.45, 2.75) is 4.90 Å². The lowest BCUT2D eigenvalue weighted by Gasteiger charge is -2.10. The number of amides is 1. The summed E-state index contributed by atoms with van der Waals surface area (Å²) in [6.45, 7) is 0. The number of carbonyl (C=O) groups excluding carboxylic acids is 1. The van der Waals surface area contributed by atoms with Crippen LogP contribution in [0.3, 0.4) is 0 Å². The predicted octanol–water partition coefficient (Wildman–Crippen LogP) is 3.75. The third-order valence-electron chi connectivity index (χ3n) is 3.79. The number of carbonyl (C=O) groups is 1. The lowest BCUT2D eigenvalue weighted by atomic mass is 10.2. The highest BCUT2D eigenvalue weighted by atomic mass is 32.2. The quantitative estimate of drug-likeness (QED) is 0.687. The molecule has 0 bridgehead atoms. The number of nitrogens with zero attached hydrogens (tertiary/aromatic N) is 1. The van der Waals surface area contributed by atoms with Crippen molar-refractivity contribution in [1.82, 2.24) is 0 Å². The Kier molecular flexibility index (Phi) is 5.38. The molecule has 0 unspecified atom stereocenters. The van der Waals surface area contributed by atoms with Crippen molar-refractivity contribution in [1.29, 1.82) is 5.26 Å². The highest BCUT2D eigenvalue weighted by Crippen LogP contribution is 2.19. The monoisotopic (exact) mass is 395 g/mol. The molecule has 0 fully saturated rings. The first-order chi connectivity index (χ1) is 13.4. The molecular formula is C20H14FN3O3S. The van der Waals surface area contributed by atoms with E-state index >= 15 is 0 Å². The Morgan fingerprint density at radius 1 is 0.964 bits per heavy atom. The average molecular weight is 395 g/mol. The summed E-state index contributed by atoms with van der Waals surface area (Å²) >= 11 is 0. The van der Waals surface area contributed by atoms with E-state index in [1.807, 2.05) is 6.07 Å². The van der Waals surface area contributed by atoms with Crippen molar-refractivity contribution in [2.75, 3.05) is 10.0 Å². The molecule has 0 aliphatic heterocycles. The Morgan fingerprint density at radius 2 is 1.68 bits per heavy atom. The summed E-state index contributed by atoms with van der Waals surface area (Å²) in [6.07, 6.45) is 0. The molecule has 0 aliphatic rings. The largest absolute Gasteiger partial charge is 0.319 e. The van der Waals surface area contributed by atoms with Gasteiger partial charge in [0.2, 0.25) is 0 Å². The van der Waals surface area contributed by atoms with E-state index in [4.69, 9.17) is 5.26 Å². The zero-order valence-electron chi connectivity index (χ0n) is 14.4. The van der Waals surface area contributed by atoms with E-state index in [0.717, 1.165) is 0 Å². The zero-order valence-corrected chi connectivity index (χ0v) is 15.2. The first kappa shape index (κ1) is 19.1. The maximum atomic E-state index is 13.7. The van der Waals surface area contributed by atoms with E-state index in [9.17, 15) is 17.6 Å². The molecule has 0 aromatic heterocycles. The summed E-state index contributed by atoms with van der Waals surface area (Å²) in [5, 5.41) is 11.2. The molecule has 140 valence electrons. The number of hydrogen-bond donors (Lipinski definition) is 2. The van der Waals surface area contributed by atoms with Gasteiger partial charge in [-0.3, -0.25) is 9.52 Å². The molecule has 0 spiro atoms. The van der Waals surface area contributed by atoms with Crippen LogP contribution < -0.4 is 10.0 Å². The number of nitrogens with one attached hydrogen (secondary N) is 2. The molecule has 2 N–H and O–H groups in total. The van der Waals surface area contributed by atoms with E-state index in [-0.39, 0.29) is 21.8 Å². The van der Waals surface area contributed by atoms with Gasteiger partial charge in [-0.2, -0.15) is 5.26 Å². The first-order valence-electron chi connectivity index (χ1n) is 8.08. The van der Waals surface area contributed by atoms with Gasteiger partial charge in [-0.05, 0) is 54.6 Å². The smallest absolute Gasteiger partial charge is 0.261 e. The Hall–Kier alpha value is -3.70. The summed E-state index contributed by atoms with van der Waals surface area (Å²) in [5.41, 5.74) is 0.734. The second-order valence-electron chi connectivity index (χ2n) is 5.76. The average Bonchev–Trinajstić information content (AvgIpc) is 2.70. The van der Waals surface area contributed by atoms with Crippen LogP contribution in [0.1, 0.15) is 15.9 Å². The Morgan fingerprint density at radius 3 is 2.36 bits per heavy atom. The van der Waals surface area contributed by atoms with Crippen molar-refractivity contribution in [3.63, 3.8) is 0 Å². The molecule has 1 amide bonds. The maximum absolute atomic E-state index is 13.7. The minimum Gasteiger partial charge on any atom is -0.319 e. The molecule has 0 radical (unpaired) electrons. The number of hydrogen-bond acceptors (Lipinski definition) is 4. The zero-order chi connectivity index (χ0) is 20.1. The van der Waals surface area contributed by atoms with E-state index in [1.54, 1.807) is 6.07 Å². The number of halogens is 1. The molecule has 0 heterocycles. The van der Waals surface area contributed by atoms with Gasteiger partial charge in [0.15, 0.2) is 0 Å². The predicted molar refractivity (Wildman–Crippen MR) is 103 cm³/mol. The summed E-state index contributed by atoms with van der Waals surface area (Å²) < 4.78 is 41.2. The highest BCUT2D eigenvalue weighted by molar-refractivity contribution is 7.92. The lowest BCUT2D eigenvalue weighted by molar-refractivity contribution is 0.102. The maximum Gasteiger partial charge on any atom is 0.261 e. The molecule has 3 aromatic rings. The number of nitriles is 1. The minimum absolute atomic E-state index is 0.00327. The molecule has 3 aromatic carbocycles. The van der Waals surface area contributed by atoms with Crippen LogP contribution in [-0.4, -0.2) is 14.3 Å².